The lowest BCUT2D eigenvalue weighted by molar-refractivity contribution is 0.111. The Morgan fingerprint density at radius 2 is 2.47 bits per heavy atom. The molecule has 0 bridgehead atoms. The van der Waals surface area contributed by atoms with Crippen LogP contribution in [0.4, 0.5) is 0 Å². The van der Waals surface area contributed by atoms with Gasteiger partial charge >= 0.3 is 0 Å². The van der Waals surface area contributed by atoms with Crippen LogP contribution in [-0.2, 0) is 4.74 Å². The molecule has 0 amide bonds. The molecule has 1 fully saturated rings. The van der Waals surface area contributed by atoms with Crippen molar-refractivity contribution in [1.82, 2.24) is 10.3 Å². The van der Waals surface area contributed by atoms with E-state index in [1.165, 1.54) is 5.56 Å². The van der Waals surface area contributed by atoms with Gasteiger partial charge in [0.2, 0.25) is 0 Å². The lowest BCUT2D eigenvalue weighted by Crippen LogP contribution is -2.36. The van der Waals surface area contributed by atoms with E-state index < -0.39 is 0 Å². The molecule has 82 valence electrons. The minimum atomic E-state index is 0.323. The van der Waals surface area contributed by atoms with Crippen molar-refractivity contribution in [3.63, 3.8) is 0 Å². The molecule has 3 atom stereocenters. The lowest BCUT2D eigenvalue weighted by atomic mass is 10.1. The van der Waals surface area contributed by atoms with Crippen LogP contribution in [-0.4, -0.2) is 23.7 Å². The molecule has 1 aliphatic heterocycles. The van der Waals surface area contributed by atoms with Gasteiger partial charge in [-0.25, -0.2) is 0 Å². The largest absolute Gasteiger partial charge is 0.377 e. The van der Waals surface area contributed by atoms with Crippen molar-refractivity contribution in [2.24, 2.45) is 0 Å². The fourth-order valence-electron chi connectivity index (χ4n) is 2.00. The molecule has 1 N–H and O–H groups in total. The predicted molar refractivity (Wildman–Crippen MR) is 59.6 cm³/mol. The number of aromatic nitrogens is 1. The second-order valence-corrected chi connectivity index (χ2v) is 4.15. The average Bonchev–Trinajstić information content (AvgIpc) is 2.66. The molecular formula is C12H18N2O. The van der Waals surface area contributed by atoms with Crippen LogP contribution < -0.4 is 5.32 Å². The highest BCUT2D eigenvalue weighted by Crippen LogP contribution is 2.18. The maximum atomic E-state index is 5.52. The zero-order valence-electron chi connectivity index (χ0n) is 9.31. The highest BCUT2D eigenvalue weighted by Gasteiger charge is 2.25. The number of nitrogens with zero attached hydrogens (tertiary/aromatic N) is 1. The van der Waals surface area contributed by atoms with Crippen LogP contribution >= 0.6 is 0 Å². The van der Waals surface area contributed by atoms with Gasteiger partial charge in [0.25, 0.3) is 0 Å². The fraction of sp³-hybridized carbons (Fsp3) is 0.583. The molecule has 0 saturated carbocycles. The van der Waals surface area contributed by atoms with Gasteiger partial charge in [0.15, 0.2) is 0 Å². The van der Waals surface area contributed by atoms with Crippen molar-refractivity contribution >= 4 is 0 Å². The van der Waals surface area contributed by atoms with Crippen molar-refractivity contribution in [3.05, 3.63) is 30.1 Å². The first-order valence-electron chi connectivity index (χ1n) is 5.55. The molecule has 3 heteroatoms. The highest BCUT2D eigenvalue weighted by molar-refractivity contribution is 5.13. The summed E-state index contributed by atoms with van der Waals surface area (Å²) in [6, 6.07) is 4.89. The van der Waals surface area contributed by atoms with Gasteiger partial charge in [0, 0.05) is 31.1 Å². The van der Waals surface area contributed by atoms with E-state index in [4.69, 9.17) is 4.74 Å². The van der Waals surface area contributed by atoms with E-state index in [2.05, 4.69) is 30.2 Å². The smallest absolute Gasteiger partial charge is 0.0700 e. The van der Waals surface area contributed by atoms with Crippen LogP contribution in [0.25, 0.3) is 0 Å². The molecule has 1 aromatic rings. The Bertz CT molecular complexity index is 302. The van der Waals surface area contributed by atoms with Crippen molar-refractivity contribution in [1.29, 1.82) is 0 Å². The lowest BCUT2D eigenvalue weighted by Gasteiger charge is -2.21. The van der Waals surface area contributed by atoms with E-state index in [0.29, 0.717) is 18.2 Å². The Morgan fingerprint density at radius 1 is 1.60 bits per heavy atom. The Morgan fingerprint density at radius 3 is 3.07 bits per heavy atom. The molecule has 1 aliphatic rings. The minimum Gasteiger partial charge on any atom is -0.377 e. The van der Waals surface area contributed by atoms with Gasteiger partial charge in [-0.05, 0) is 31.9 Å². The molecule has 0 unspecified atom stereocenters. The van der Waals surface area contributed by atoms with Gasteiger partial charge < -0.3 is 10.1 Å². The third-order valence-electron chi connectivity index (χ3n) is 3.02. The molecular weight excluding hydrogens is 188 g/mol. The van der Waals surface area contributed by atoms with Crippen LogP contribution in [0, 0.1) is 0 Å². The Kier molecular flexibility index (Phi) is 3.34. The first-order valence-corrected chi connectivity index (χ1v) is 5.55. The van der Waals surface area contributed by atoms with E-state index in [1.54, 1.807) is 6.20 Å². The summed E-state index contributed by atoms with van der Waals surface area (Å²) in [5.41, 5.74) is 1.23. The van der Waals surface area contributed by atoms with Crippen LogP contribution in [0.2, 0.25) is 0 Å². The van der Waals surface area contributed by atoms with Gasteiger partial charge in [-0.2, -0.15) is 0 Å². The summed E-state index contributed by atoms with van der Waals surface area (Å²) in [7, 11) is 0. The topological polar surface area (TPSA) is 34.1 Å². The number of nitrogens with one attached hydrogen (secondary N) is 1. The van der Waals surface area contributed by atoms with Gasteiger partial charge in [-0.3, -0.25) is 4.98 Å². The maximum Gasteiger partial charge on any atom is 0.0700 e. The summed E-state index contributed by atoms with van der Waals surface area (Å²) < 4.78 is 5.52. The summed E-state index contributed by atoms with van der Waals surface area (Å²) in [6.45, 7) is 5.17. The fourth-order valence-corrected chi connectivity index (χ4v) is 2.00. The second kappa shape index (κ2) is 4.73. The summed E-state index contributed by atoms with van der Waals surface area (Å²) in [4.78, 5) is 4.13. The van der Waals surface area contributed by atoms with Gasteiger partial charge in [-0.1, -0.05) is 6.07 Å². The Labute approximate surface area is 90.9 Å². The summed E-state index contributed by atoms with van der Waals surface area (Å²) in [5, 5.41) is 3.58. The second-order valence-electron chi connectivity index (χ2n) is 4.15. The highest BCUT2D eigenvalue weighted by atomic mass is 16.5. The number of ether oxygens (including phenoxy) is 1. The number of pyridine rings is 1. The molecule has 2 rings (SSSR count). The monoisotopic (exact) mass is 206 g/mol. The molecule has 0 radical (unpaired) electrons. The van der Waals surface area contributed by atoms with E-state index in [1.807, 2.05) is 12.3 Å². The SMILES string of the molecule is C[C@H](N[C@H]1CCO[C@H]1C)c1cccnc1. The number of rotatable bonds is 3. The quantitative estimate of drug-likeness (QED) is 0.820. The summed E-state index contributed by atoms with van der Waals surface area (Å²) in [5.74, 6) is 0. The molecule has 2 heterocycles. The zero-order valence-corrected chi connectivity index (χ0v) is 9.31. The predicted octanol–water partition coefficient (Wildman–Crippen LogP) is 1.91. The maximum absolute atomic E-state index is 5.52. The van der Waals surface area contributed by atoms with Gasteiger partial charge in [0.1, 0.15) is 0 Å². The van der Waals surface area contributed by atoms with E-state index >= 15 is 0 Å². The van der Waals surface area contributed by atoms with Crippen molar-refractivity contribution in [3.8, 4) is 0 Å². The first kappa shape index (κ1) is 10.6. The molecule has 0 aliphatic carbocycles. The third-order valence-corrected chi connectivity index (χ3v) is 3.02. The normalized spacial score (nSPS) is 27.9. The molecule has 15 heavy (non-hydrogen) atoms. The number of hydrogen-bond acceptors (Lipinski definition) is 3. The van der Waals surface area contributed by atoms with E-state index in [0.717, 1.165) is 13.0 Å². The standard InChI is InChI=1S/C12H18N2O/c1-9(11-4-3-6-13-8-11)14-12-5-7-15-10(12)2/h3-4,6,8-10,12,14H,5,7H2,1-2H3/t9-,10-,12-/m0/s1. The summed E-state index contributed by atoms with van der Waals surface area (Å²) >= 11 is 0. The molecule has 0 spiro atoms. The summed E-state index contributed by atoms with van der Waals surface area (Å²) in [6.07, 6.45) is 5.14. The minimum absolute atomic E-state index is 0.323. The van der Waals surface area contributed by atoms with Gasteiger partial charge in [0.05, 0.1) is 6.10 Å². The van der Waals surface area contributed by atoms with Crippen LogP contribution in [0.3, 0.4) is 0 Å². The average molecular weight is 206 g/mol. The molecule has 3 nitrogen and oxygen atoms in total. The molecule has 1 saturated heterocycles. The molecule has 0 aromatic carbocycles. The van der Waals surface area contributed by atoms with Crippen LogP contribution in [0.1, 0.15) is 31.9 Å². The van der Waals surface area contributed by atoms with Crippen molar-refractivity contribution < 1.29 is 4.74 Å². The zero-order chi connectivity index (χ0) is 10.7. The first-order chi connectivity index (χ1) is 7.27. The Balaban J connectivity index is 1.95. The van der Waals surface area contributed by atoms with E-state index in [9.17, 15) is 0 Å². The van der Waals surface area contributed by atoms with Gasteiger partial charge in [-0.15, -0.1) is 0 Å². The van der Waals surface area contributed by atoms with E-state index in [-0.39, 0.29) is 0 Å². The van der Waals surface area contributed by atoms with Crippen molar-refractivity contribution in [2.75, 3.05) is 6.61 Å². The third kappa shape index (κ3) is 2.55. The Hall–Kier alpha value is -0.930. The molecule has 1 aromatic heterocycles. The number of hydrogen-bond donors (Lipinski definition) is 1. The van der Waals surface area contributed by atoms with Crippen LogP contribution in [0.5, 0.6) is 0 Å². The van der Waals surface area contributed by atoms with Crippen molar-refractivity contribution in [2.45, 2.75) is 38.5 Å². The van der Waals surface area contributed by atoms with Crippen LogP contribution in [0.15, 0.2) is 24.5 Å².